The van der Waals surface area contributed by atoms with Crippen molar-refractivity contribution >= 4 is 38.9 Å². The van der Waals surface area contributed by atoms with Crippen LogP contribution in [0, 0.1) is 0 Å². The summed E-state index contributed by atoms with van der Waals surface area (Å²) in [5.41, 5.74) is 1.10. The van der Waals surface area contributed by atoms with Crippen molar-refractivity contribution in [3.05, 3.63) is 83.2 Å². The van der Waals surface area contributed by atoms with Crippen molar-refractivity contribution in [2.45, 2.75) is 29.2 Å². The van der Waals surface area contributed by atoms with Gasteiger partial charge >= 0.3 is 5.97 Å². The molecule has 2 N–H and O–H groups in total. The van der Waals surface area contributed by atoms with Gasteiger partial charge in [0.05, 0.1) is 5.56 Å². The first-order valence-corrected chi connectivity index (χ1v) is 12.0. The second-order valence-corrected chi connectivity index (χ2v) is 9.95. The number of ether oxygens (including phenoxy) is 1. The van der Waals surface area contributed by atoms with E-state index >= 15 is 0 Å². The van der Waals surface area contributed by atoms with Crippen LogP contribution in [0.3, 0.4) is 0 Å². The molecule has 1 amide bonds. The van der Waals surface area contributed by atoms with Gasteiger partial charge in [-0.15, -0.1) is 11.3 Å². The van der Waals surface area contributed by atoms with Crippen LogP contribution in [-0.4, -0.2) is 26.3 Å². The Kier molecular flexibility index (Phi) is 6.06. The molecule has 0 radical (unpaired) electrons. The van der Waals surface area contributed by atoms with Gasteiger partial charge in [-0.1, -0.05) is 36.4 Å². The van der Waals surface area contributed by atoms with Crippen molar-refractivity contribution in [2.75, 3.05) is 4.72 Å². The summed E-state index contributed by atoms with van der Waals surface area (Å²) in [5, 5.41) is 4.54. The van der Waals surface area contributed by atoms with Crippen molar-refractivity contribution in [3.63, 3.8) is 0 Å². The SMILES string of the molecule is O=C(OC(C(=O)NC1CC1)c1ccccc1)c1ccc(NS(=O)(=O)c2cccs2)cc1. The molecule has 1 atom stereocenters. The highest BCUT2D eigenvalue weighted by atomic mass is 32.2. The molecule has 1 saturated carbocycles. The zero-order valence-corrected chi connectivity index (χ0v) is 18.0. The largest absolute Gasteiger partial charge is 0.444 e. The van der Waals surface area contributed by atoms with Gasteiger partial charge in [-0.05, 0) is 48.6 Å². The summed E-state index contributed by atoms with van der Waals surface area (Å²) in [5.74, 6) is -1.03. The number of rotatable bonds is 8. The highest BCUT2D eigenvalue weighted by Crippen LogP contribution is 2.25. The first kappa shape index (κ1) is 21.1. The normalized spacial score (nSPS) is 14.5. The number of nitrogens with one attached hydrogen (secondary N) is 2. The Balaban J connectivity index is 1.47. The number of amides is 1. The minimum atomic E-state index is -3.68. The lowest BCUT2D eigenvalue weighted by Gasteiger charge is -2.18. The zero-order valence-electron chi connectivity index (χ0n) is 16.4. The van der Waals surface area contributed by atoms with Gasteiger partial charge in [0.1, 0.15) is 4.21 Å². The number of benzene rings is 2. The maximum absolute atomic E-state index is 12.7. The first-order chi connectivity index (χ1) is 14.9. The molecule has 3 aromatic rings. The summed E-state index contributed by atoms with van der Waals surface area (Å²) >= 11 is 1.11. The molecule has 9 heteroatoms. The van der Waals surface area contributed by atoms with Gasteiger partial charge in [-0.25, -0.2) is 13.2 Å². The van der Waals surface area contributed by atoms with Crippen molar-refractivity contribution in [1.29, 1.82) is 0 Å². The maximum atomic E-state index is 12.7. The molecular formula is C22H20N2O5S2. The van der Waals surface area contributed by atoms with E-state index in [-0.39, 0.29) is 21.7 Å². The van der Waals surface area contributed by atoms with Crippen LogP contribution < -0.4 is 10.0 Å². The summed E-state index contributed by atoms with van der Waals surface area (Å²) in [7, 11) is -3.68. The molecule has 1 aliphatic carbocycles. The summed E-state index contributed by atoms with van der Waals surface area (Å²) in [6.07, 6.45) is 0.778. The number of esters is 1. The Morgan fingerprint density at radius 3 is 2.29 bits per heavy atom. The molecular weight excluding hydrogens is 436 g/mol. The van der Waals surface area contributed by atoms with Crippen LogP contribution in [0.1, 0.15) is 34.9 Å². The van der Waals surface area contributed by atoms with Crippen molar-refractivity contribution in [3.8, 4) is 0 Å². The van der Waals surface area contributed by atoms with Crippen LogP contribution in [-0.2, 0) is 19.6 Å². The number of hydrogen-bond donors (Lipinski definition) is 2. The van der Waals surface area contributed by atoms with Crippen molar-refractivity contribution in [1.82, 2.24) is 5.32 Å². The number of hydrogen-bond acceptors (Lipinski definition) is 6. The van der Waals surface area contributed by atoms with E-state index in [4.69, 9.17) is 4.74 Å². The smallest absolute Gasteiger partial charge is 0.339 e. The van der Waals surface area contributed by atoms with E-state index in [9.17, 15) is 18.0 Å². The van der Waals surface area contributed by atoms with E-state index < -0.39 is 22.1 Å². The van der Waals surface area contributed by atoms with Gasteiger partial charge in [0.25, 0.3) is 15.9 Å². The third-order valence-electron chi connectivity index (χ3n) is 4.62. The molecule has 2 aromatic carbocycles. The number of carbonyl (C=O) groups is 2. The summed E-state index contributed by atoms with van der Waals surface area (Å²) in [6, 6.07) is 18.0. The maximum Gasteiger partial charge on any atom is 0.339 e. The minimum absolute atomic E-state index is 0.132. The topological polar surface area (TPSA) is 102 Å². The molecule has 7 nitrogen and oxygen atoms in total. The zero-order chi connectivity index (χ0) is 21.8. The van der Waals surface area contributed by atoms with Gasteiger partial charge in [0.2, 0.25) is 6.10 Å². The molecule has 1 fully saturated rings. The molecule has 160 valence electrons. The molecule has 1 unspecified atom stereocenters. The average Bonchev–Trinajstić information content (AvgIpc) is 3.39. The van der Waals surface area contributed by atoms with E-state index in [1.807, 2.05) is 6.07 Å². The van der Waals surface area contributed by atoms with E-state index in [1.54, 1.807) is 35.7 Å². The van der Waals surface area contributed by atoms with Gasteiger partial charge < -0.3 is 10.1 Å². The monoisotopic (exact) mass is 456 g/mol. The van der Waals surface area contributed by atoms with Crippen LogP contribution in [0.2, 0.25) is 0 Å². The average molecular weight is 457 g/mol. The second-order valence-electron chi connectivity index (χ2n) is 7.09. The molecule has 1 heterocycles. The quantitative estimate of drug-likeness (QED) is 0.503. The van der Waals surface area contributed by atoms with Crippen LogP contribution in [0.15, 0.2) is 76.3 Å². The Morgan fingerprint density at radius 2 is 1.68 bits per heavy atom. The van der Waals surface area contributed by atoms with Gasteiger partial charge in [0, 0.05) is 17.3 Å². The highest BCUT2D eigenvalue weighted by molar-refractivity contribution is 7.94. The van der Waals surface area contributed by atoms with E-state index in [0.717, 1.165) is 24.2 Å². The lowest BCUT2D eigenvalue weighted by molar-refractivity contribution is -0.130. The van der Waals surface area contributed by atoms with Gasteiger partial charge in [-0.3, -0.25) is 9.52 Å². The van der Waals surface area contributed by atoms with Crippen LogP contribution in [0.5, 0.6) is 0 Å². The Morgan fingerprint density at radius 1 is 0.968 bits per heavy atom. The highest BCUT2D eigenvalue weighted by Gasteiger charge is 2.31. The number of anilines is 1. The molecule has 0 bridgehead atoms. The van der Waals surface area contributed by atoms with Crippen LogP contribution in [0.25, 0.3) is 0 Å². The van der Waals surface area contributed by atoms with Crippen molar-refractivity contribution < 1.29 is 22.7 Å². The predicted molar refractivity (Wildman–Crippen MR) is 117 cm³/mol. The third-order valence-corrected chi connectivity index (χ3v) is 7.40. The molecule has 4 rings (SSSR count). The van der Waals surface area contributed by atoms with E-state index in [1.165, 1.54) is 30.3 Å². The van der Waals surface area contributed by atoms with Crippen molar-refractivity contribution in [2.24, 2.45) is 0 Å². The second kappa shape index (κ2) is 8.91. The predicted octanol–water partition coefficient (Wildman–Crippen LogP) is 3.73. The fraction of sp³-hybridized carbons (Fsp3) is 0.182. The number of sulfonamides is 1. The third kappa shape index (κ3) is 5.31. The molecule has 1 aromatic heterocycles. The van der Waals surface area contributed by atoms with Crippen LogP contribution in [0.4, 0.5) is 5.69 Å². The molecule has 0 aliphatic heterocycles. The van der Waals surface area contributed by atoms with Gasteiger partial charge in [-0.2, -0.15) is 0 Å². The number of thiophene rings is 1. The standard InChI is InChI=1S/C22H20N2O5S2/c25-21(23-17-12-13-17)20(15-5-2-1-3-6-15)29-22(26)16-8-10-18(11-9-16)24-31(27,28)19-7-4-14-30-19/h1-11,14,17,20,24H,12-13H2,(H,23,25). The van der Waals surface area contributed by atoms with Crippen LogP contribution >= 0.6 is 11.3 Å². The fourth-order valence-corrected chi connectivity index (χ4v) is 4.93. The Hall–Kier alpha value is -3.17. The first-order valence-electron chi connectivity index (χ1n) is 9.65. The summed E-state index contributed by atoms with van der Waals surface area (Å²) < 4.78 is 32.8. The van der Waals surface area contributed by atoms with Gasteiger partial charge in [0.15, 0.2) is 0 Å². The Bertz CT molecular complexity index is 1160. The summed E-state index contributed by atoms with van der Waals surface area (Å²) in [4.78, 5) is 25.3. The molecule has 31 heavy (non-hydrogen) atoms. The Labute approximate surface area is 184 Å². The molecule has 0 saturated heterocycles. The molecule has 1 aliphatic rings. The minimum Gasteiger partial charge on any atom is -0.444 e. The lowest BCUT2D eigenvalue weighted by atomic mass is 10.1. The van der Waals surface area contributed by atoms with E-state index in [2.05, 4.69) is 10.0 Å². The molecule has 0 spiro atoms. The summed E-state index contributed by atoms with van der Waals surface area (Å²) in [6.45, 7) is 0. The fourth-order valence-electron chi connectivity index (χ4n) is 2.88. The number of carbonyl (C=O) groups excluding carboxylic acids is 2. The lowest BCUT2D eigenvalue weighted by Crippen LogP contribution is -2.33. The van der Waals surface area contributed by atoms with E-state index in [0.29, 0.717) is 11.3 Å².